The summed E-state index contributed by atoms with van der Waals surface area (Å²) in [6.07, 6.45) is 2.90. The van der Waals surface area contributed by atoms with Crippen LogP contribution >= 0.6 is 0 Å². The van der Waals surface area contributed by atoms with E-state index in [4.69, 9.17) is 9.15 Å². The molecule has 0 saturated carbocycles. The quantitative estimate of drug-likeness (QED) is 0.645. The van der Waals surface area contributed by atoms with Gasteiger partial charge in [0.15, 0.2) is 12.4 Å². The highest BCUT2D eigenvalue weighted by Crippen LogP contribution is 2.26. The van der Waals surface area contributed by atoms with Gasteiger partial charge in [-0.25, -0.2) is 9.78 Å². The Morgan fingerprint density at radius 2 is 1.89 bits per heavy atom. The second-order valence-corrected chi connectivity index (χ2v) is 6.23. The number of hydrogen-bond donors (Lipinski definition) is 0. The summed E-state index contributed by atoms with van der Waals surface area (Å²) in [5.41, 5.74) is 1.85. The van der Waals surface area contributed by atoms with Crippen LogP contribution in [0.2, 0.25) is 0 Å². The zero-order chi connectivity index (χ0) is 18.6. The average Bonchev–Trinajstić information content (AvgIpc) is 3.36. The Morgan fingerprint density at radius 1 is 1.11 bits per heavy atom. The lowest BCUT2D eigenvalue weighted by molar-refractivity contribution is -0.117. The van der Waals surface area contributed by atoms with Gasteiger partial charge in [-0.15, -0.1) is 0 Å². The largest absolute Gasteiger partial charge is 0.452 e. The minimum atomic E-state index is -0.509. The number of hydrogen-bond acceptors (Lipinski definition) is 5. The van der Waals surface area contributed by atoms with Gasteiger partial charge in [0.1, 0.15) is 0 Å². The van der Waals surface area contributed by atoms with E-state index in [0.717, 1.165) is 12.0 Å². The molecule has 0 spiro atoms. The molecular weight excluding hydrogens is 344 g/mol. The van der Waals surface area contributed by atoms with E-state index < -0.39 is 5.97 Å². The monoisotopic (exact) mass is 362 g/mol. The fourth-order valence-electron chi connectivity index (χ4n) is 3.10. The summed E-state index contributed by atoms with van der Waals surface area (Å²) >= 11 is 0. The molecule has 0 unspecified atom stereocenters. The lowest BCUT2D eigenvalue weighted by Crippen LogP contribution is -2.26. The third kappa shape index (κ3) is 3.60. The number of ether oxygens (including phenoxy) is 1. The fraction of sp³-hybridized carbons (Fsp3) is 0.190. The normalized spacial score (nSPS) is 13.8. The smallest absolute Gasteiger partial charge is 0.340 e. The van der Waals surface area contributed by atoms with Crippen LogP contribution in [0, 0.1) is 0 Å². The van der Waals surface area contributed by atoms with Gasteiger partial charge >= 0.3 is 5.97 Å². The van der Waals surface area contributed by atoms with E-state index in [9.17, 15) is 9.59 Å². The molecular formula is C21H18N2O4. The van der Waals surface area contributed by atoms with Crippen molar-refractivity contribution in [2.75, 3.05) is 11.4 Å². The number of rotatable bonds is 5. The van der Waals surface area contributed by atoms with E-state index in [2.05, 4.69) is 4.98 Å². The summed E-state index contributed by atoms with van der Waals surface area (Å²) in [4.78, 5) is 30.4. The molecule has 2 heterocycles. The Bertz CT molecular complexity index is 965. The van der Waals surface area contributed by atoms with Gasteiger partial charge in [0, 0.05) is 18.5 Å². The number of esters is 1. The van der Waals surface area contributed by atoms with E-state index in [1.807, 2.05) is 30.3 Å². The number of anilines is 1. The number of amides is 1. The molecule has 0 radical (unpaired) electrons. The van der Waals surface area contributed by atoms with Crippen molar-refractivity contribution in [3.05, 3.63) is 72.2 Å². The maximum Gasteiger partial charge on any atom is 0.340 e. The molecule has 3 aromatic rings. The summed E-state index contributed by atoms with van der Waals surface area (Å²) in [6, 6.07) is 16.6. The predicted octanol–water partition coefficient (Wildman–Crippen LogP) is 3.83. The second-order valence-electron chi connectivity index (χ2n) is 6.23. The lowest BCUT2D eigenvalue weighted by Gasteiger charge is -2.18. The van der Waals surface area contributed by atoms with Crippen LogP contribution in [0.5, 0.6) is 0 Å². The topological polar surface area (TPSA) is 72.6 Å². The van der Waals surface area contributed by atoms with Crippen LogP contribution in [0.15, 0.2) is 65.2 Å². The Balaban J connectivity index is 1.46. The van der Waals surface area contributed by atoms with Gasteiger partial charge in [-0.2, -0.15) is 0 Å². The number of carbonyl (C=O) groups is 2. The number of benzene rings is 2. The number of para-hydroxylation sites is 1. The van der Waals surface area contributed by atoms with Crippen molar-refractivity contribution >= 4 is 17.6 Å². The second kappa shape index (κ2) is 7.45. The SMILES string of the molecule is O=C(OCc1ncc(-c2ccccc2)o1)c1ccccc1N1CCCC1=O. The van der Waals surface area contributed by atoms with Crippen molar-refractivity contribution in [1.82, 2.24) is 4.98 Å². The molecule has 1 amide bonds. The van der Waals surface area contributed by atoms with Crippen molar-refractivity contribution in [2.45, 2.75) is 19.4 Å². The molecule has 6 heteroatoms. The third-order valence-corrected chi connectivity index (χ3v) is 4.43. The first-order valence-corrected chi connectivity index (χ1v) is 8.79. The molecule has 4 rings (SSSR count). The Labute approximate surface area is 156 Å². The maximum absolute atomic E-state index is 12.5. The average molecular weight is 362 g/mol. The van der Waals surface area contributed by atoms with E-state index in [0.29, 0.717) is 35.9 Å². The Morgan fingerprint density at radius 3 is 2.67 bits per heavy atom. The highest BCUT2D eigenvalue weighted by atomic mass is 16.5. The van der Waals surface area contributed by atoms with Crippen molar-refractivity contribution in [3.8, 4) is 11.3 Å². The molecule has 1 aromatic heterocycles. The zero-order valence-electron chi connectivity index (χ0n) is 14.6. The van der Waals surface area contributed by atoms with E-state index in [-0.39, 0.29) is 12.5 Å². The van der Waals surface area contributed by atoms with E-state index in [1.165, 1.54) is 0 Å². The van der Waals surface area contributed by atoms with E-state index >= 15 is 0 Å². The molecule has 0 N–H and O–H groups in total. The molecule has 0 atom stereocenters. The highest BCUT2D eigenvalue weighted by molar-refractivity contribution is 6.03. The minimum absolute atomic E-state index is 0.0236. The van der Waals surface area contributed by atoms with Crippen molar-refractivity contribution in [2.24, 2.45) is 0 Å². The van der Waals surface area contributed by atoms with Gasteiger partial charge in [-0.1, -0.05) is 42.5 Å². The number of oxazole rings is 1. The summed E-state index contributed by atoms with van der Waals surface area (Å²) < 4.78 is 11.0. The molecule has 27 heavy (non-hydrogen) atoms. The summed E-state index contributed by atoms with van der Waals surface area (Å²) in [7, 11) is 0. The first kappa shape index (κ1) is 17.0. The first-order valence-electron chi connectivity index (χ1n) is 8.79. The molecule has 0 aliphatic carbocycles. The predicted molar refractivity (Wildman–Crippen MR) is 99.1 cm³/mol. The molecule has 1 saturated heterocycles. The Kier molecular flexibility index (Phi) is 4.70. The maximum atomic E-state index is 12.5. The van der Waals surface area contributed by atoms with Gasteiger partial charge in [0.2, 0.25) is 11.8 Å². The molecule has 1 aliphatic rings. The zero-order valence-corrected chi connectivity index (χ0v) is 14.6. The first-order chi connectivity index (χ1) is 13.2. The van der Waals surface area contributed by atoms with Crippen molar-refractivity contribution in [3.63, 3.8) is 0 Å². The van der Waals surface area contributed by atoms with Crippen LogP contribution in [0.3, 0.4) is 0 Å². The summed E-state index contributed by atoms with van der Waals surface area (Å²) in [6.45, 7) is 0.539. The van der Waals surface area contributed by atoms with Gasteiger partial charge in [0.05, 0.1) is 17.4 Å². The van der Waals surface area contributed by atoms with Gasteiger partial charge < -0.3 is 14.1 Å². The standard InChI is InChI=1S/C21H18N2O4/c24-20-11-6-12-23(20)17-10-5-4-9-16(17)21(25)26-14-19-22-13-18(27-19)15-7-2-1-3-8-15/h1-5,7-10,13H,6,11-12,14H2. The fourth-order valence-corrected chi connectivity index (χ4v) is 3.10. The third-order valence-electron chi connectivity index (χ3n) is 4.43. The molecule has 1 aliphatic heterocycles. The molecule has 6 nitrogen and oxygen atoms in total. The minimum Gasteiger partial charge on any atom is -0.452 e. The number of carbonyl (C=O) groups excluding carboxylic acids is 2. The van der Waals surface area contributed by atoms with Crippen LogP contribution < -0.4 is 4.90 Å². The lowest BCUT2D eigenvalue weighted by atomic mass is 10.1. The van der Waals surface area contributed by atoms with Crippen LogP contribution in [0.25, 0.3) is 11.3 Å². The van der Waals surface area contributed by atoms with Crippen molar-refractivity contribution < 1.29 is 18.7 Å². The van der Waals surface area contributed by atoms with Crippen LogP contribution in [0.4, 0.5) is 5.69 Å². The molecule has 0 bridgehead atoms. The molecule has 1 fully saturated rings. The molecule has 136 valence electrons. The van der Waals surface area contributed by atoms with Gasteiger partial charge in [-0.05, 0) is 18.6 Å². The van der Waals surface area contributed by atoms with Crippen LogP contribution in [0.1, 0.15) is 29.1 Å². The van der Waals surface area contributed by atoms with Crippen molar-refractivity contribution in [1.29, 1.82) is 0 Å². The highest BCUT2D eigenvalue weighted by Gasteiger charge is 2.26. The Hall–Kier alpha value is -3.41. The van der Waals surface area contributed by atoms with E-state index in [1.54, 1.807) is 35.4 Å². The summed E-state index contributed by atoms with van der Waals surface area (Å²) in [5.74, 6) is 0.446. The molecule has 2 aromatic carbocycles. The number of aromatic nitrogens is 1. The summed E-state index contributed by atoms with van der Waals surface area (Å²) in [5, 5.41) is 0. The number of nitrogens with zero attached hydrogens (tertiary/aromatic N) is 2. The van der Waals surface area contributed by atoms with Gasteiger partial charge in [0.25, 0.3) is 0 Å². The van der Waals surface area contributed by atoms with Crippen LogP contribution in [-0.2, 0) is 16.1 Å². The van der Waals surface area contributed by atoms with Gasteiger partial charge in [-0.3, -0.25) is 4.79 Å². The van der Waals surface area contributed by atoms with Crippen LogP contribution in [-0.4, -0.2) is 23.4 Å².